The zero-order valence-electron chi connectivity index (χ0n) is 14.9. The van der Waals surface area contributed by atoms with Crippen molar-refractivity contribution in [2.75, 3.05) is 27.2 Å². The predicted molar refractivity (Wildman–Crippen MR) is 97.1 cm³/mol. The van der Waals surface area contributed by atoms with Crippen LogP contribution in [0.25, 0.3) is 5.65 Å². The quantitative estimate of drug-likeness (QED) is 0.719. The summed E-state index contributed by atoms with van der Waals surface area (Å²) in [7, 11) is 4.00. The second-order valence-electron chi connectivity index (χ2n) is 6.71. The van der Waals surface area contributed by atoms with Crippen LogP contribution >= 0.6 is 0 Å². The predicted octanol–water partition coefficient (Wildman–Crippen LogP) is 1.69. The molecule has 0 radical (unpaired) electrons. The van der Waals surface area contributed by atoms with Crippen molar-refractivity contribution < 1.29 is 9.53 Å². The molecular formula is C19H21N5O2. The first-order valence-electron chi connectivity index (χ1n) is 8.58. The molecular weight excluding hydrogens is 330 g/mol. The van der Waals surface area contributed by atoms with Crippen molar-refractivity contribution in [1.82, 2.24) is 24.4 Å². The molecule has 0 fully saturated rings. The molecule has 4 rings (SSSR count). The molecule has 1 aliphatic rings. The third-order valence-corrected chi connectivity index (χ3v) is 4.53. The van der Waals surface area contributed by atoms with Crippen LogP contribution in [0.15, 0.2) is 48.9 Å². The van der Waals surface area contributed by atoms with E-state index < -0.39 is 0 Å². The molecule has 0 aliphatic carbocycles. The molecule has 26 heavy (non-hydrogen) atoms. The lowest BCUT2D eigenvalue weighted by Crippen LogP contribution is -2.47. The Labute approximate surface area is 151 Å². The van der Waals surface area contributed by atoms with E-state index in [2.05, 4.69) is 15.0 Å². The van der Waals surface area contributed by atoms with Gasteiger partial charge in [-0.3, -0.25) is 4.79 Å². The number of aromatic nitrogens is 3. The van der Waals surface area contributed by atoms with Crippen LogP contribution in [0, 0.1) is 0 Å². The number of carbonyl (C=O) groups is 1. The van der Waals surface area contributed by atoms with Gasteiger partial charge in [-0.05, 0) is 26.2 Å². The second-order valence-corrected chi connectivity index (χ2v) is 6.71. The number of amides is 1. The number of likely N-dealkylation sites (N-methyl/N-ethyl adjacent to an activating group) is 1. The lowest BCUT2D eigenvalue weighted by molar-refractivity contribution is 0.0585. The van der Waals surface area contributed by atoms with Crippen LogP contribution in [-0.2, 0) is 6.54 Å². The fourth-order valence-corrected chi connectivity index (χ4v) is 3.31. The topological polar surface area (TPSA) is 63.0 Å². The van der Waals surface area contributed by atoms with E-state index in [0.29, 0.717) is 30.9 Å². The molecule has 3 heterocycles. The molecule has 0 saturated heterocycles. The van der Waals surface area contributed by atoms with Gasteiger partial charge in [-0.1, -0.05) is 18.2 Å². The highest BCUT2D eigenvalue weighted by atomic mass is 16.5. The van der Waals surface area contributed by atoms with E-state index in [1.165, 1.54) is 0 Å². The number of benzene rings is 1. The Hall–Kier alpha value is -2.93. The molecule has 0 unspecified atom stereocenters. The minimum atomic E-state index is -0.0779. The maximum atomic E-state index is 13.4. The lowest BCUT2D eigenvalue weighted by Gasteiger charge is -2.31. The van der Waals surface area contributed by atoms with Crippen molar-refractivity contribution in [1.29, 1.82) is 0 Å². The van der Waals surface area contributed by atoms with Gasteiger partial charge < -0.3 is 14.5 Å². The first kappa shape index (κ1) is 16.5. The van der Waals surface area contributed by atoms with Crippen LogP contribution in [-0.4, -0.2) is 63.6 Å². The van der Waals surface area contributed by atoms with Crippen molar-refractivity contribution in [3.63, 3.8) is 0 Å². The molecule has 0 spiro atoms. The fraction of sp³-hybridized carbons (Fsp3) is 0.316. The molecule has 0 saturated carbocycles. The summed E-state index contributed by atoms with van der Waals surface area (Å²) in [6, 6.07) is 9.60. The Balaban J connectivity index is 1.73. The van der Waals surface area contributed by atoms with Crippen LogP contribution in [0.4, 0.5) is 0 Å². The van der Waals surface area contributed by atoms with Gasteiger partial charge in [-0.2, -0.15) is 5.10 Å². The second kappa shape index (κ2) is 6.76. The molecule has 0 N–H and O–H groups in total. The summed E-state index contributed by atoms with van der Waals surface area (Å²) >= 11 is 0. The minimum Gasteiger partial charge on any atom is -0.491 e. The van der Waals surface area contributed by atoms with Gasteiger partial charge in [0.25, 0.3) is 5.91 Å². The lowest BCUT2D eigenvalue weighted by atomic mass is 10.1. The first-order valence-corrected chi connectivity index (χ1v) is 8.58. The Bertz CT molecular complexity index is 936. The highest BCUT2D eigenvalue weighted by Gasteiger charge is 2.31. The molecule has 3 aromatic rings. The van der Waals surface area contributed by atoms with Crippen LogP contribution in [0.2, 0.25) is 0 Å². The summed E-state index contributed by atoms with van der Waals surface area (Å²) in [4.78, 5) is 21.7. The largest absolute Gasteiger partial charge is 0.491 e. The van der Waals surface area contributed by atoms with Crippen molar-refractivity contribution in [2.24, 2.45) is 0 Å². The van der Waals surface area contributed by atoms with Crippen LogP contribution in [0.3, 0.4) is 0 Å². The Morgan fingerprint density at radius 1 is 1.31 bits per heavy atom. The van der Waals surface area contributed by atoms with Gasteiger partial charge in [0.05, 0.1) is 18.8 Å². The molecule has 0 bridgehead atoms. The molecule has 134 valence electrons. The third-order valence-electron chi connectivity index (χ3n) is 4.53. The number of hydrogen-bond donors (Lipinski definition) is 0. The third kappa shape index (κ3) is 3.01. The molecule has 1 aliphatic heterocycles. The van der Waals surface area contributed by atoms with Gasteiger partial charge in [-0.15, -0.1) is 0 Å². The standard InChI is InChI=1S/C19H21N5O2/c1-22(2)12-15-13-26-17-7-4-3-6-14(17)11-23(15)19(25)16-10-21-24-9-5-8-20-18(16)24/h3-10,15H,11-13H2,1-2H3/t15-/m0/s1. The number of ether oxygens (including phenoxy) is 1. The summed E-state index contributed by atoms with van der Waals surface area (Å²) in [5, 5.41) is 4.25. The zero-order valence-corrected chi connectivity index (χ0v) is 14.9. The van der Waals surface area contributed by atoms with E-state index >= 15 is 0 Å². The molecule has 2 aromatic heterocycles. The van der Waals surface area contributed by atoms with Crippen molar-refractivity contribution >= 4 is 11.6 Å². The van der Waals surface area contributed by atoms with E-state index in [4.69, 9.17) is 4.74 Å². The average Bonchev–Trinajstić information content (AvgIpc) is 2.99. The van der Waals surface area contributed by atoms with Gasteiger partial charge >= 0.3 is 0 Å². The van der Waals surface area contributed by atoms with E-state index in [1.54, 1.807) is 29.2 Å². The Kier molecular flexibility index (Phi) is 4.30. The van der Waals surface area contributed by atoms with Crippen molar-refractivity contribution in [3.8, 4) is 5.75 Å². The van der Waals surface area contributed by atoms with Gasteiger partial charge in [0.15, 0.2) is 5.65 Å². The summed E-state index contributed by atoms with van der Waals surface area (Å²) in [6.07, 6.45) is 5.05. The number of carbonyl (C=O) groups excluding carboxylic acids is 1. The SMILES string of the molecule is CN(C)C[C@H]1COc2ccccc2CN1C(=O)c1cnn2cccnc12. The fourth-order valence-electron chi connectivity index (χ4n) is 3.31. The molecule has 1 amide bonds. The van der Waals surface area contributed by atoms with E-state index in [0.717, 1.165) is 11.3 Å². The van der Waals surface area contributed by atoms with E-state index in [-0.39, 0.29) is 11.9 Å². The van der Waals surface area contributed by atoms with Crippen molar-refractivity contribution in [2.45, 2.75) is 12.6 Å². The summed E-state index contributed by atoms with van der Waals surface area (Å²) in [5.41, 5.74) is 2.08. The monoisotopic (exact) mass is 351 g/mol. The van der Waals surface area contributed by atoms with Crippen LogP contribution in [0.5, 0.6) is 5.75 Å². The van der Waals surface area contributed by atoms with Gasteiger partial charge in [0, 0.05) is 24.5 Å². The number of hydrogen-bond acceptors (Lipinski definition) is 5. The Morgan fingerprint density at radius 3 is 3.00 bits per heavy atom. The van der Waals surface area contributed by atoms with Crippen molar-refractivity contribution in [3.05, 3.63) is 60.0 Å². The van der Waals surface area contributed by atoms with Gasteiger partial charge in [0.1, 0.15) is 17.9 Å². The van der Waals surface area contributed by atoms with Crippen LogP contribution < -0.4 is 4.74 Å². The highest BCUT2D eigenvalue weighted by Crippen LogP contribution is 2.26. The average molecular weight is 351 g/mol. The summed E-state index contributed by atoms with van der Waals surface area (Å²) in [5.74, 6) is 0.760. The van der Waals surface area contributed by atoms with Gasteiger partial charge in [0.2, 0.25) is 0 Å². The minimum absolute atomic E-state index is 0.0661. The molecule has 7 nitrogen and oxygen atoms in total. The number of nitrogens with zero attached hydrogens (tertiary/aromatic N) is 5. The normalized spacial score (nSPS) is 17.0. The number of para-hydroxylation sites is 1. The Morgan fingerprint density at radius 2 is 2.15 bits per heavy atom. The molecule has 7 heteroatoms. The zero-order chi connectivity index (χ0) is 18.1. The molecule has 1 aromatic carbocycles. The maximum absolute atomic E-state index is 13.4. The van der Waals surface area contributed by atoms with E-state index in [1.807, 2.05) is 43.3 Å². The highest BCUT2D eigenvalue weighted by molar-refractivity contribution is 5.99. The molecule has 1 atom stereocenters. The number of rotatable bonds is 3. The maximum Gasteiger partial charge on any atom is 0.260 e. The smallest absolute Gasteiger partial charge is 0.260 e. The van der Waals surface area contributed by atoms with Gasteiger partial charge in [-0.25, -0.2) is 9.50 Å². The summed E-state index contributed by atoms with van der Waals surface area (Å²) < 4.78 is 7.61. The van der Waals surface area contributed by atoms with Crippen LogP contribution in [0.1, 0.15) is 15.9 Å². The summed E-state index contributed by atoms with van der Waals surface area (Å²) in [6.45, 7) is 1.66. The van der Waals surface area contributed by atoms with E-state index in [9.17, 15) is 4.79 Å². The first-order chi connectivity index (χ1) is 12.6. The number of fused-ring (bicyclic) bond motifs is 2.